The molecule has 0 aliphatic heterocycles. The summed E-state index contributed by atoms with van der Waals surface area (Å²) >= 11 is 0. The Bertz CT molecular complexity index is 838. The molecule has 1 aromatic heterocycles. The Morgan fingerprint density at radius 1 is 1.08 bits per heavy atom. The summed E-state index contributed by atoms with van der Waals surface area (Å²) in [4.78, 5) is 11.8. The van der Waals surface area contributed by atoms with E-state index in [4.69, 9.17) is 14.0 Å². The molecule has 0 radical (unpaired) electrons. The van der Waals surface area contributed by atoms with Crippen molar-refractivity contribution in [3.63, 3.8) is 0 Å². The van der Waals surface area contributed by atoms with E-state index in [1.54, 1.807) is 6.07 Å². The summed E-state index contributed by atoms with van der Waals surface area (Å²) in [6.45, 7) is 4.15. The molecule has 134 valence electrons. The van der Waals surface area contributed by atoms with Crippen molar-refractivity contribution in [1.82, 2.24) is 5.16 Å². The zero-order valence-corrected chi connectivity index (χ0v) is 14.8. The van der Waals surface area contributed by atoms with E-state index >= 15 is 0 Å². The maximum atomic E-state index is 11.8. The Kier molecular flexibility index (Phi) is 5.69. The zero-order valence-electron chi connectivity index (χ0n) is 14.8. The quantitative estimate of drug-likeness (QED) is 0.583. The number of hydrogen-bond acceptors (Lipinski definition) is 5. The van der Waals surface area contributed by atoms with E-state index in [1.807, 2.05) is 54.6 Å². The molecule has 0 N–H and O–H groups in total. The molecule has 0 bridgehead atoms. The first kappa shape index (κ1) is 17.7. The summed E-state index contributed by atoms with van der Waals surface area (Å²) in [5.74, 6) is 1.27. The van der Waals surface area contributed by atoms with Crippen LogP contribution in [-0.4, -0.2) is 17.7 Å². The predicted octanol–water partition coefficient (Wildman–Crippen LogP) is 4.59. The lowest BCUT2D eigenvalue weighted by Gasteiger charge is -2.08. The monoisotopic (exact) mass is 351 g/mol. The number of carbonyl (C=O) groups excluding carboxylic acids is 1. The van der Waals surface area contributed by atoms with Crippen LogP contribution < -0.4 is 4.74 Å². The molecule has 0 unspecified atom stereocenters. The summed E-state index contributed by atoms with van der Waals surface area (Å²) in [7, 11) is 0. The average Bonchev–Trinajstić information content (AvgIpc) is 3.15. The van der Waals surface area contributed by atoms with Crippen molar-refractivity contribution in [3.05, 3.63) is 71.9 Å². The minimum absolute atomic E-state index is 0.0464. The summed E-state index contributed by atoms with van der Waals surface area (Å²) in [6.07, 6.45) is 0. The van der Waals surface area contributed by atoms with Gasteiger partial charge in [0.15, 0.2) is 12.4 Å². The smallest absolute Gasteiger partial charge is 0.344 e. The SMILES string of the molecule is CC(C)c1ccc(OCC(=O)OCc2cc(-c3ccccc3)on2)cc1. The number of benzene rings is 2. The van der Waals surface area contributed by atoms with Crippen molar-refractivity contribution in [3.8, 4) is 17.1 Å². The first-order valence-electron chi connectivity index (χ1n) is 8.51. The van der Waals surface area contributed by atoms with Crippen LogP contribution in [0.5, 0.6) is 5.75 Å². The van der Waals surface area contributed by atoms with Crippen LogP contribution in [0.4, 0.5) is 0 Å². The van der Waals surface area contributed by atoms with Crippen LogP contribution in [0.15, 0.2) is 65.2 Å². The van der Waals surface area contributed by atoms with Gasteiger partial charge in [0.25, 0.3) is 0 Å². The standard InChI is InChI=1S/C21H21NO4/c1-15(2)16-8-10-19(11-9-16)24-14-21(23)25-13-18-12-20(26-22-18)17-6-4-3-5-7-17/h3-12,15H,13-14H2,1-2H3. The molecule has 5 heteroatoms. The molecule has 3 aromatic rings. The molecular weight excluding hydrogens is 330 g/mol. The van der Waals surface area contributed by atoms with E-state index in [2.05, 4.69) is 19.0 Å². The van der Waals surface area contributed by atoms with Gasteiger partial charge in [-0.25, -0.2) is 4.79 Å². The first-order valence-corrected chi connectivity index (χ1v) is 8.51. The predicted molar refractivity (Wildman–Crippen MR) is 97.8 cm³/mol. The van der Waals surface area contributed by atoms with Gasteiger partial charge in [0.2, 0.25) is 0 Å². The van der Waals surface area contributed by atoms with Crippen LogP contribution >= 0.6 is 0 Å². The van der Waals surface area contributed by atoms with Crippen molar-refractivity contribution in [2.75, 3.05) is 6.61 Å². The summed E-state index contributed by atoms with van der Waals surface area (Å²) in [6, 6.07) is 19.1. The van der Waals surface area contributed by atoms with E-state index < -0.39 is 5.97 Å². The fourth-order valence-corrected chi connectivity index (χ4v) is 2.41. The molecule has 0 fully saturated rings. The maximum Gasteiger partial charge on any atom is 0.344 e. The second-order valence-corrected chi connectivity index (χ2v) is 6.22. The number of ether oxygens (including phenoxy) is 2. The van der Waals surface area contributed by atoms with Gasteiger partial charge < -0.3 is 14.0 Å². The normalized spacial score (nSPS) is 10.7. The zero-order chi connectivity index (χ0) is 18.4. The van der Waals surface area contributed by atoms with Gasteiger partial charge in [-0.15, -0.1) is 0 Å². The largest absolute Gasteiger partial charge is 0.482 e. The molecule has 0 amide bonds. The number of aromatic nitrogens is 1. The van der Waals surface area contributed by atoms with Crippen molar-refractivity contribution >= 4 is 5.97 Å². The highest BCUT2D eigenvalue weighted by Crippen LogP contribution is 2.20. The molecule has 5 nitrogen and oxygen atoms in total. The lowest BCUT2D eigenvalue weighted by Crippen LogP contribution is -2.14. The van der Waals surface area contributed by atoms with Crippen molar-refractivity contribution in [1.29, 1.82) is 0 Å². The first-order chi connectivity index (χ1) is 12.6. The molecule has 0 spiro atoms. The molecule has 1 heterocycles. The molecular formula is C21H21NO4. The third kappa shape index (κ3) is 4.72. The Labute approximate surface area is 152 Å². The van der Waals surface area contributed by atoms with E-state index in [0.29, 0.717) is 23.1 Å². The molecule has 3 rings (SSSR count). The Hall–Kier alpha value is -3.08. The number of hydrogen-bond donors (Lipinski definition) is 0. The number of nitrogens with zero attached hydrogens (tertiary/aromatic N) is 1. The van der Waals surface area contributed by atoms with Crippen LogP contribution in [0.25, 0.3) is 11.3 Å². The third-order valence-corrected chi connectivity index (χ3v) is 3.90. The second kappa shape index (κ2) is 8.34. The highest BCUT2D eigenvalue weighted by Gasteiger charge is 2.10. The fraction of sp³-hybridized carbons (Fsp3) is 0.238. The molecule has 0 atom stereocenters. The summed E-state index contributed by atoms with van der Waals surface area (Å²) in [5.41, 5.74) is 2.70. The molecule has 0 saturated heterocycles. The van der Waals surface area contributed by atoms with E-state index in [0.717, 1.165) is 5.56 Å². The van der Waals surface area contributed by atoms with E-state index in [-0.39, 0.29) is 13.2 Å². The van der Waals surface area contributed by atoms with Crippen LogP contribution in [0.2, 0.25) is 0 Å². The number of rotatable bonds is 7. The van der Waals surface area contributed by atoms with Crippen LogP contribution in [0.3, 0.4) is 0 Å². The van der Waals surface area contributed by atoms with Gasteiger partial charge in [0, 0.05) is 11.6 Å². The van der Waals surface area contributed by atoms with Crippen molar-refractivity contribution in [2.24, 2.45) is 0 Å². The lowest BCUT2D eigenvalue weighted by atomic mass is 10.0. The highest BCUT2D eigenvalue weighted by atomic mass is 16.6. The minimum atomic E-state index is -0.456. The molecule has 0 aliphatic carbocycles. The third-order valence-electron chi connectivity index (χ3n) is 3.90. The van der Waals surface area contributed by atoms with Gasteiger partial charge in [-0.3, -0.25) is 0 Å². The van der Waals surface area contributed by atoms with Crippen LogP contribution in [0, 0.1) is 0 Å². The van der Waals surface area contributed by atoms with Crippen LogP contribution in [0.1, 0.15) is 31.0 Å². The molecule has 2 aromatic carbocycles. The van der Waals surface area contributed by atoms with Crippen LogP contribution in [-0.2, 0) is 16.1 Å². The van der Waals surface area contributed by atoms with E-state index in [1.165, 1.54) is 5.56 Å². The summed E-state index contributed by atoms with van der Waals surface area (Å²) in [5, 5.41) is 3.92. The van der Waals surface area contributed by atoms with Gasteiger partial charge in [-0.05, 0) is 23.6 Å². The Balaban J connectivity index is 1.46. The van der Waals surface area contributed by atoms with E-state index in [9.17, 15) is 4.79 Å². The van der Waals surface area contributed by atoms with Gasteiger partial charge in [0.1, 0.15) is 18.1 Å². The maximum absolute atomic E-state index is 11.8. The fourth-order valence-electron chi connectivity index (χ4n) is 2.41. The van der Waals surface area contributed by atoms with Gasteiger partial charge in [0.05, 0.1) is 0 Å². The lowest BCUT2D eigenvalue weighted by molar-refractivity contribution is -0.147. The Morgan fingerprint density at radius 2 is 1.81 bits per heavy atom. The van der Waals surface area contributed by atoms with Crippen molar-refractivity contribution in [2.45, 2.75) is 26.4 Å². The molecule has 0 aliphatic rings. The second-order valence-electron chi connectivity index (χ2n) is 6.22. The molecule has 26 heavy (non-hydrogen) atoms. The van der Waals surface area contributed by atoms with Gasteiger partial charge in [-0.1, -0.05) is 61.5 Å². The number of carbonyl (C=O) groups is 1. The minimum Gasteiger partial charge on any atom is -0.482 e. The Morgan fingerprint density at radius 3 is 2.50 bits per heavy atom. The highest BCUT2D eigenvalue weighted by molar-refractivity contribution is 5.71. The summed E-state index contributed by atoms with van der Waals surface area (Å²) < 4.78 is 15.9. The topological polar surface area (TPSA) is 61.6 Å². The average molecular weight is 351 g/mol. The van der Waals surface area contributed by atoms with Crippen molar-refractivity contribution < 1.29 is 18.8 Å². The number of esters is 1. The van der Waals surface area contributed by atoms with Gasteiger partial charge in [-0.2, -0.15) is 0 Å². The van der Waals surface area contributed by atoms with Gasteiger partial charge >= 0.3 is 5.97 Å². The molecule has 0 saturated carbocycles.